The number of aliphatic carboxylic acids is 1. The van der Waals surface area contributed by atoms with E-state index in [0.29, 0.717) is 6.42 Å². The number of rotatable bonds is 2. The summed E-state index contributed by atoms with van der Waals surface area (Å²) >= 11 is 1.47. The molecule has 2 fully saturated rings. The van der Waals surface area contributed by atoms with Crippen molar-refractivity contribution in [1.82, 2.24) is 4.90 Å². The number of carbonyl (C=O) groups excluding carboxylic acids is 1. The summed E-state index contributed by atoms with van der Waals surface area (Å²) in [6.45, 7) is 6.91. The maximum absolute atomic E-state index is 11.4. The van der Waals surface area contributed by atoms with Crippen molar-refractivity contribution in [3.63, 3.8) is 0 Å². The minimum Gasteiger partial charge on any atom is -0.478 e. The van der Waals surface area contributed by atoms with Crippen LogP contribution in [0.4, 0.5) is 0 Å². The van der Waals surface area contributed by atoms with Crippen LogP contribution >= 0.6 is 11.8 Å². The molecular weight excluding hydrogens is 216 g/mol. The molecule has 0 radical (unpaired) electrons. The molecule has 1 amide bonds. The van der Waals surface area contributed by atoms with Gasteiger partial charge in [0.2, 0.25) is 11.6 Å². The van der Waals surface area contributed by atoms with Gasteiger partial charge >= 0.3 is 5.97 Å². The van der Waals surface area contributed by atoms with Gasteiger partial charge < -0.3 is 5.11 Å². The molecule has 0 spiro atoms. The first-order valence-corrected chi connectivity index (χ1v) is 5.46. The molecule has 2 atom stereocenters. The number of nitrogens with zero attached hydrogens (tertiary/aromatic N) is 2. The van der Waals surface area contributed by atoms with Crippen molar-refractivity contribution < 1.29 is 14.7 Å². The van der Waals surface area contributed by atoms with Crippen molar-refractivity contribution in [2.75, 3.05) is 0 Å². The summed E-state index contributed by atoms with van der Waals surface area (Å²) in [5, 5.41) is 9.24. The predicted octanol–water partition coefficient (Wildman–Crippen LogP) is 0.552. The second-order valence-corrected chi connectivity index (χ2v) is 5.99. The van der Waals surface area contributed by atoms with Crippen molar-refractivity contribution in [3.8, 4) is 0 Å². The molecular formula is C9H12N2O3S. The maximum Gasteiger partial charge on any atom is 0.354 e. The zero-order chi connectivity index (χ0) is 11.4. The monoisotopic (exact) mass is 228 g/mol. The lowest BCUT2D eigenvalue weighted by Crippen LogP contribution is -2.65. The molecule has 2 aliphatic heterocycles. The van der Waals surface area contributed by atoms with Gasteiger partial charge in [-0.3, -0.25) is 14.7 Å². The van der Waals surface area contributed by atoms with E-state index in [9.17, 15) is 14.7 Å². The van der Waals surface area contributed by atoms with E-state index in [1.165, 1.54) is 16.7 Å². The zero-order valence-electron chi connectivity index (χ0n) is 8.56. The van der Waals surface area contributed by atoms with Crippen LogP contribution in [0.15, 0.2) is 4.99 Å². The van der Waals surface area contributed by atoms with Crippen LogP contribution in [0, 0.1) is 0 Å². The summed E-state index contributed by atoms with van der Waals surface area (Å²) in [5.74, 6) is -1.27. The van der Waals surface area contributed by atoms with Crippen LogP contribution in [0.25, 0.3) is 0 Å². The topological polar surface area (TPSA) is 70.0 Å². The third-order valence-electron chi connectivity index (χ3n) is 3.05. The molecule has 1 N–H and O–H groups in total. The van der Waals surface area contributed by atoms with Crippen molar-refractivity contribution in [2.24, 2.45) is 4.99 Å². The van der Waals surface area contributed by atoms with E-state index in [-0.39, 0.29) is 11.3 Å². The van der Waals surface area contributed by atoms with Gasteiger partial charge in [0.1, 0.15) is 0 Å². The van der Waals surface area contributed by atoms with Gasteiger partial charge in [-0.15, -0.1) is 11.8 Å². The van der Waals surface area contributed by atoms with Gasteiger partial charge in [0.25, 0.3) is 0 Å². The number of carboxylic acids is 1. The van der Waals surface area contributed by atoms with Gasteiger partial charge in [0, 0.05) is 0 Å². The van der Waals surface area contributed by atoms with Crippen LogP contribution < -0.4 is 0 Å². The van der Waals surface area contributed by atoms with E-state index < -0.39 is 16.4 Å². The van der Waals surface area contributed by atoms with Crippen LogP contribution in [0.5, 0.6) is 0 Å². The molecule has 6 heteroatoms. The van der Waals surface area contributed by atoms with E-state index in [1.807, 2.05) is 0 Å². The largest absolute Gasteiger partial charge is 0.478 e. The van der Waals surface area contributed by atoms with Gasteiger partial charge in [0.15, 0.2) is 0 Å². The summed E-state index contributed by atoms with van der Waals surface area (Å²) in [6, 6.07) is 0. The zero-order valence-corrected chi connectivity index (χ0v) is 9.37. The quantitative estimate of drug-likeness (QED) is 0.553. The molecule has 0 aromatic heterocycles. The van der Waals surface area contributed by atoms with Crippen LogP contribution in [-0.4, -0.2) is 44.4 Å². The van der Waals surface area contributed by atoms with Gasteiger partial charge in [-0.05, 0) is 20.6 Å². The first kappa shape index (κ1) is 10.5. The first-order chi connectivity index (χ1) is 6.87. The fourth-order valence-electron chi connectivity index (χ4n) is 2.28. The van der Waals surface area contributed by atoms with Gasteiger partial charge in [0.05, 0.1) is 16.5 Å². The Kier molecular flexibility index (Phi) is 1.92. The normalized spacial score (nSPS) is 37.1. The molecule has 2 rings (SSSR count). The number of hydrogen-bond acceptors (Lipinski definition) is 4. The lowest BCUT2D eigenvalue weighted by Gasteiger charge is -2.43. The van der Waals surface area contributed by atoms with Crippen molar-refractivity contribution in [2.45, 2.75) is 36.1 Å². The average Bonchev–Trinajstić information content (AvgIpc) is 2.29. The molecule has 82 valence electrons. The second kappa shape index (κ2) is 2.75. The molecule has 0 aromatic rings. The standard InChI is InChI=1S/C9H12N2O3S/c1-8(2)9(10-3,7(13)14)11-5(12)4-6(11)15-8/h6H,3-4H2,1-2H3,(H,13,14)/t6-,9+/m1/s1. The third kappa shape index (κ3) is 0.975. The number of amides is 1. The molecule has 2 heterocycles. The van der Waals surface area contributed by atoms with Crippen LogP contribution in [0.3, 0.4) is 0 Å². The van der Waals surface area contributed by atoms with E-state index >= 15 is 0 Å². The van der Waals surface area contributed by atoms with Crippen molar-refractivity contribution in [1.29, 1.82) is 0 Å². The fourth-order valence-corrected chi connectivity index (χ4v) is 3.97. The Morgan fingerprint density at radius 3 is 2.67 bits per heavy atom. The van der Waals surface area contributed by atoms with E-state index in [1.54, 1.807) is 13.8 Å². The Balaban J connectivity index is 2.54. The number of aliphatic imine (C=N–C) groups is 1. The highest BCUT2D eigenvalue weighted by Gasteiger charge is 2.69. The summed E-state index contributed by atoms with van der Waals surface area (Å²) in [4.78, 5) is 27.9. The first-order valence-electron chi connectivity index (χ1n) is 4.58. The van der Waals surface area contributed by atoms with Crippen LogP contribution in [0.1, 0.15) is 20.3 Å². The molecule has 0 saturated carbocycles. The molecule has 2 aliphatic rings. The highest BCUT2D eigenvalue weighted by atomic mass is 32.2. The minimum atomic E-state index is -1.50. The highest BCUT2D eigenvalue weighted by molar-refractivity contribution is 8.01. The predicted molar refractivity (Wildman–Crippen MR) is 56.8 cm³/mol. The van der Waals surface area contributed by atoms with E-state index in [0.717, 1.165) is 0 Å². The molecule has 0 bridgehead atoms. The molecule has 5 nitrogen and oxygen atoms in total. The van der Waals surface area contributed by atoms with Crippen molar-refractivity contribution >= 4 is 30.4 Å². The number of thioether (sulfide) groups is 1. The average molecular weight is 228 g/mol. The number of carbonyl (C=O) groups is 2. The highest BCUT2D eigenvalue weighted by Crippen LogP contribution is 2.57. The number of hydrogen-bond donors (Lipinski definition) is 1. The minimum absolute atomic E-state index is 0.0610. The summed E-state index contributed by atoms with van der Waals surface area (Å²) in [5.41, 5.74) is -1.50. The third-order valence-corrected chi connectivity index (χ3v) is 4.58. The Hall–Kier alpha value is -1.04. The maximum atomic E-state index is 11.4. The Labute approximate surface area is 91.5 Å². The van der Waals surface area contributed by atoms with E-state index in [4.69, 9.17) is 0 Å². The van der Waals surface area contributed by atoms with Crippen LogP contribution in [0.2, 0.25) is 0 Å². The van der Waals surface area contributed by atoms with Gasteiger partial charge in [-0.25, -0.2) is 4.79 Å². The van der Waals surface area contributed by atoms with Gasteiger partial charge in [-0.2, -0.15) is 0 Å². The summed E-state index contributed by atoms with van der Waals surface area (Å²) in [6.07, 6.45) is 0.401. The molecule has 0 aromatic carbocycles. The number of fused-ring (bicyclic) bond motifs is 1. The van der Waals surface area contributed by atoms with E-state index in [2.05, 4.69) is 11.7 Å². The smallest absolute Gasteiger partial charge is 0.354 e. The summed E-state index contributed by atoms with van der Waals surface area (Å²) < 4.78 is -0.641. The lowest BCUT2D eigenvalue weighted by molar-refractivity contribution is -0.167. The molecule has 0 unspecified atom stereocenters. The van der Waals surface area contributed by atoms with Crippen LogP contribution in [-0.2, 0) is 9.59 Å². The second-order valence-electron chi connectivity index (χ2n) is 4.19. The number of carboxylic acid groups (broad SMARTS) is 1. The molecule has 15 heavy (non-hydrogen) atoms. The Morgan fingerprint density at radius 2 is 2.33 bits per heavy atom. The number of β-lactam (4-membered cyclic amide) rings is 1. The lowest BCUT2D eigenvalue weighted by atomic mass is 9.91. The fraction of sp³-hybridized carbons (Fsp3) is 0.667. The molecule has 2 saturated heterocycles. The van der Waals surface area contributed by atoms with Crippen molar-refractivity contribution in [3.05, 3.63) is 0 Å². The molecule has 0 aliphatic carbocycles. The Bertz CT molecular complexity index is 368. The summed E-state index contributed by atoms with van der Waals surface area (Å²) in [7, 11) is 0. The Morgan fingerprint density at radius 1 is 1.73 bits per heavy atom. The van der Waals surface area contributed by atoms with Gasteiger partial charge in [-0.1, -0.05) is 0 Å². The SMILES string of the molecule is C=N[C@@]1(C(=O)O)N2C(=O)C[C@H]2SC1(C)C.